The number of anilines is 3. The Balaban J connectivity index is -0.0000000827. The zero-order valence-electron chi connectivity index (χ0n) is 73.4. The Labute approximate surface area is 685 Å². The van der Waals surface area contributed by atoms with Gasteiger partial charge in [0.25, 0.3) is 0 Å². The molecule has 0 bridgehead atoms. The van der Waals surface area contributed by atoms with Gasteiger partial charge >= 0.3 is 12.1 Å². The molecule has 13 nitrogen and oxygen atoms in total. The maximum Gasteiger partial charge on any atom is 0.388 e. The summed E-state index contributed by atoms with van der Waals surface area (Å²) in [6.07, 6.45) is 3.77. The van der Waals surface area contributed by atoms with Gasteiger partial charge in [-0.2, -0.15) is 13.2 Å². The lowest BCUT2D eigenvalue weighted by Gasteiger charge is -2.30. The van der Waals surface area contributed by atoms with Gasteiger partial charge in [0.05, 0.1) is 29.9 Å². The molecule has 1 atom stereocenters. The molecule has 1 unspecified atom stereocenters. The first-order valence-corrected chi connectivity index (χ1v) is 53.4. The fourth-order valence-corrected chi connectivity index (χ4v) is 11.5. The van der Waals surface area contributed by atoms with Gasteiger partial charge in [-0.1, -0.05) is 307 Å². The fraction of sp³-hybridized carbons (Fsp3) is 0.711. The highest BCUT2D eigenvalue weighted by Crippen LogP contribution is 2.22. The van der Waals surface area contributed by atoms with E-state index in [4.69, 9.17) is 4.80 Å². The minimum Gasteiger partial charge on any atom is -0.466 e. The molecule has 0 aliphatic rings. The number of carbonyl (C=O) groups excluding carboxylic acids is 6. The smallest absolute Gasteiger partial charge is 0.388 e. The summed E-state index contributed by atoms with van der Waals surface area (Å²) in [6.45, 7) is 71.9. The summed E-state index contributed by atoms with van der Waals surface area (Å²) < 4.78 is 47.6. The molecule has 0 saturated carbocycles. The van der Waals surface area contributed by atoms with Crippen molar-refractivity contribution in [2.45, 2.75) is 330 Å². The van der Waals surface area contributed by atoms with Gasteiger partial charge < -0.3 is 34.4 Å². The lowest BCUT2D eigenvalue weighted by Crippen LogP contribution is -2.44. The van der Waals surface area contributed by atoms with Gasteiger partial charge in [0.2, 0.25) is 29.5 Å². The molecule has 0 aliphatic carbocycles. The molecule has 0 aromatic heterocycles. The highest BCUT2D eigenvalue weighted by atomic mass is 127. The monoisotopic (exact) mass is 1810 g/mol. The second-order valence-electron chi connectivity index (χ2n) is 28.6. The van der Waals surface area contributed by atoms with Crippen molar-refractivity contribution in [3.05, 3.63) is 84.9 Å². The van der Waals surface area contributed by atoms with E-state index in [1.165, 1.54) is 75.7 Å². The Morgan fingerprint density at radius 3 is 1.08 bits per heavy atom. The molecule has 2 N–H and O–H groups in total. The summed E-state index contributed by atoms with van der Waals surface area (Å²) in [6, 6.07) is 33.0. The molecule has 3 aromatic carbocycles. The summed E-state index contributed by atoms with van der Waals surface area (Å²) in [5.41, 5.74) is 3.00. The van der Waals surface area contributed by atoms with Crippen LogP contribution in [0, 0.1) is 5.92 Å². The number of hydrogen-bond acceptors (Lipinski definition) is 8. The predicted molar refractivity (Wildman–Crippen MR) is 495 cm³/mol. The molecule has 23 heteroatoms. The van der Waals surface area contributed by atoms with Crippen LogP contribution >= 0.6 is 45.2 Å². The summed E-state index contributed by atoms with van der Waals surface area (Å²) in [5.74, 6) is 1.15. The third kappa shape index (κ3) is 109. The highest BCUT2D eigenvalue weighted by Gasteiger charge is 2.26. The van der Waals surface area contributed by atoms with Crippen LogP contribution in [0.15, 0.2) is 84.9 Å². The zero-order chi connectivity index (χ0) is 84.9. The van der Waals surface area contributed by atoms with Gasteiger partial charge in [-0.15, -0.1) is 0 Å². The molecule has 0 aliphatic heterocycles. The molecule has 0 spiro atoms. The van der Waals surface area contributed by atoms with Gasteiger partial charge in [-0.05, 0) is 102 Å². The van der Waals surface area contributed by atoms with Crippen molar-refractivity contribution in [1.82, 2.24) is 10.2 Å². The molecule has 0 fully saturated rings. The lowest BCUT2D eigenvalue weighted by atomic mass is 10.2. The van der Waals surface area contributed by atoms with Crippen LogP contribution in [-0.4, -0.2) is 145 Å². The minimum atomic E-state index is -3.96. The maximum atomic E-state index is 11.8. The Morgan fingerprint density at radius 1 is 0.557 bits per heavy atom. The normalized spacial score (nSPS) is 10.2. The summed E-state index contributed by atoms with van der Waals surface area (Å²) in [5, 5.41) is 4.00. The van der Waals surface area contributed by atoms with Crippen molar-refractivity contribution in [2.24, 2.45) is 5.92 Å². The van der Waals surface area contributed by atoms with E-state index in [1.807, 2.05) is 119 Å². The second-order valence-corrected chi connectivity index (χ2v) is 53.8. The molecular formula is C83H169F4I2N5O8Si4. The third-order valence-corrected chi connectivity index (χ3v) is 26.6. The van der Waals surface area contributed by atoms with Gasteiger partial charge in [0, 0.05) is 120 Å². The standard InChI is InChI=1S/2C14H23NOSi.C10H13NO.C5H11I.C5H11NO.C5H14Si.C5H12.C4H9I.C4H9NO.C4H8O2.C4H12OSi.C3H5F3.C3H8.CH3F.2CH4/c1-6-10-17(4,5)14-9-7-8-13(11-14)15(3)12(2)16;1-5-11-17(3,4)12-15(13(2)16)14-9-7-6-8-10-14;1-3-11(9(2)12)10-7-5-4-6-8-10;1-4-5(2,3)6;1-4-6(3)5(2)7;1-5-6(2,3)4;1-4-5(2)3;1-3-4(2)5;1-3-5-4(2)6;1-3-6-4(2)5;1-4-6(2,3)5;1-2-3(4,5)6;1-3-2;1-2;;/h7-9,11H,6,10H2,1-5H3;6-10H,5,11-12H2,1-4H3;4-8H,3H2,1-2H3;4H2,1-3H3;4H2,1-3H3;5H2,1-4H3;5H,4H2,1-3H3;4H,3H2,1-2H3;3H2,1-2H3,(H,5,6);3H2,1-2H3;5H,4H2,1-3H3;2H2,1H3;3H2,1-2H3;1H3;2*1H4. The van der Waals surface area contributed by atoms with Gasteiger partial charge in [-0.25, -0.2) is 0 Å². The number of hydrogen-bond donors (Lipinski definition) is 2. The van der Waals surface area contributed by atoms with E-state index >= 15 is 0 Å². The van der Waals surface area contributed by atoms with Crippen LogP contribution in [0.1, 0.15) is 233 Å². The number of benzene rings is 3. The van der Waals surface area contributed by atoms with Crippen LogP contribution in [0.2, 0.25) is 83.1 Å². The molecular weight excluding hydrogens is 1640 g/mol. The summed E-state index contributed by atoms with van der Waals surface area (Å²) >= 11 is 4.85. The van der Waals surface area contributed by atoms with E-state index in [9.17, 15) is 46.3 Å². The number of esters is 1. The first-order chi connectivity index (χ1) is 47.5. The quantitative estimate of drug-likeness (QED) is 0.0395. The average molecular weight is 1810 g/mol. The van der Waals surface area contributed by atoms with Crippen LogP contribution in [-0.2, 0) is 33.5 Å². The Kier molecular flexibility index (Phi) is 101. The van der Waals surface area contributed by atoms with Crippen molar-refractivity contribution < 1.29 is 55.9 Å². The molecule has 0 saturated heterocycles. The SMILES string of the molecule is C.C.CCC.CCC(C)(C)I.CCC(C)C.CCC(C)I.CCC(F)(F)F.CCC[Si](C)(C)CN(C(C)=O)c1ccccc1.CCC[Si](C)(C)c1cccc(N(C)C(C)=O)c1.CCN(C(C)=O)c1ccccc1.CCN(C)C(C)=O.CCNC(C)=O.CCOC(C)=O.CC[Si](C)(C)C.CC[Si](C)(C)O.CF. The van der Waals surface area contributed by atoms with E-state index in [-0.39, 0.29) is 50.4 Å². The number of nitrogens with zero attached hydrogens (tertiary/aromatic N) is 4. The van der Waals surface area contributed by atoms with Crippen molar-refractivity contribution in [3.63, 3.8) is 0 Å². The van der Waals surface area contributed by atoms with Gasteiger partial charge in [-0.3, -0.25) is 33.2 Å². The molecule has 0 radical (unpaired) electrons. The van der Waals surface area contributed by atoms with Gasteiger partial charge in [0.15, 0.2) is 8.32 Å². The minimum absolute atomic E-state index is 0. The van der Waals surface area contributed by atoms with Gasteiger partial charge in [0.1, 0.15) is 0 Å². The first-order valence-electron chi connectivity index (χ1n) is 37.6. The number of carbonyl (C=O) groups is 6. The number of ether oxygens (including phenoxy) is 1. The van der Waals surface area contributed by atoms with E-state index in [1.54, 1.807) is 56.4 Å². The van der Waals surface area contributed by atoms with Crippen LogP contribution in [0.4, 0.5) is 34.6 Å². The number of para-hydroxylation sites is 2. The zero-order valence-corrected chi connectivity index (χ0v) is 81.7. The van der Waals surface area contributed by atoms with E-state index < -0.39 is 45.1 Å². The van der Waals surface area contributed by atoms with E-state index in [2.05, 4.69) is 209 Å². The van der Waals surface area contributed by atoms with Crippen LogP contribution in [0.25, 0.3) is 0 Å². The van der Waals surface area contributed by atoms with Crippen molar-refractivity contribution >= 4 is 135 Å². The number of halogens is 6. The van der Waals surface area contributed by atoms with E-state index in [0.717, 1.165) is 65.7 Å². The lowest BCUT2D eigenvalue weighted by molar-refractivity contribution is -0.140. The molecule has 632 valence electrons. The van der Waals surface area contributed by atoms with E-state index in [0.29, 0.717) is 17.2 Å². The number of rotatable bonds is 19. The summed E-state index contributed by atoms with van der Waals surface area (Å²) in [4.78, 5) is 80.3. The maximum absolute atomic E-state index is 11.8. The van der Waals surface area contributed by atoms with Crippen molar-refractivity contribution in [1.29, 1.82) is 0 Å². The van der Waals surface area contributed by atoms with Crippen molar-refractivity contribution in [3.8, 4) is 0 Å². The van der Waals surface area contributed by atoms with Crippen molar-refractivity contribution in [2.75, 3.05) is 68.4 Å². The largest absolute Gasteiger partial charge is 0.466 e. The second kappa shape index (κ2) is 81.0. The fourth-order valence-electron chi connectivity index (χ4n) is 6.13. The Bertz CT molecular complexity index is 2370. The average Bonchev–Trinajstić information content (AvgIpc) is 0.837. The Morgan fingerprint density at radius 2 is 0.896 bits per heavy atom. The molecule has 5 amide bonds. The number of alkyl halides is 6. The topological polar surface area (TPSA) is 157 Å². The van der Waals surface area contributed by atoms with Crippen LogP contribution in [0.5, 0.6) is 0 Å². The third-order valence-electron chi connectivity index (χ3n) is 14.4. The first kappa shape index (κ1) is 132. The number of nitrogens with one attached hydrogen (secondary N) is 1. The highest BCUT2D eigenvalue weighted by molar-refractivity contribution is 14.1. The molecule has 3 aromatic rings. The van der Waals surface area contributed by atoms with Crippen LogP contribution < -0.4 is 25.2 Å². The molecule has 3 rings (SSSR count). The number of amides is 5. The summed E-state index contributed by atoms with van der Waals surface area (Å²) in [7, 11) is -0.789. The predicted octanol–water partition coefficient (Wildman–Crippen LogP) is 25.6. The molecule has 106 heavy (non-hydrogen) atoms. The molecule has 0 heterocycles. The Hall–Kier alpha value is -3.51. The van der Waals surface area contributed by atoms with Crippen LogP contribution in [0.3, 0.4) is 0 Å².